The Labute approximate surface area is 135 Å². The molecule has 3 rings (SSSR count). The highest BCUT2D eigenvalue weighted by Gasteiger charge is 2.21. The van der Waals surface area contributed by atoms with Gasteiger partial charge in [-0.3, -0.25) is 4.72 Å². The number of fused-ring (bicyclic) bond motifs is 1. The molecule has 0 aliphatic heterocycles. The van der Waals surface area contributed by atoms with Gasteiger partial charge in [0.25, 0.3) is 10.0 Å². The van der Waals surface area contributed by atoms with E-state index in [1.165, 1.54) is 5.56 Å². The van der Waals surface area contributed by atoms with Crippen molar-refractivity contribution in [3.63, 3.8) is 0 Å². The van der Waals surface area contributed by atoms with E-state index >= 15 is 0 Å². The van der Waals surface area contributed by atoms with Gasteiger partial charge in [0.15, 0.2) is 0 Å². The smallest absolute Gasteiger partial charge is 0.258 e. The Balaban J connectivity index is 1.89. The Morgan fingerprint density at radius 2 is 1.86 bits per heavy atom. The molecule has 2 aromatic carbocycles. The topological polar surface area (TPSA) is 46.2 Å². The lowest BCUT2D eigenvalue weighted by atomic mass is 9.98. The molecule has 0 heterocycles. The Morgan fingerprint density at radius 3 is 2.68 bits per heavy atom. The van der Waals surface area contributed by atoms with Crippen LogP contribution in [0.2, 0.25) is 0 Å². The summed E-state index contributed by atoms with van der Waals surface area (Å²) in [5.41, 5.74) is 2.80. The van der Waals surface area contributed by atoms with Gasteiger partial charge < -0.3 is 0 Å². The van der Waals surface area contributed by atoms with Crippen LogP contribution in [0.3, 0.4) is 0 Å². The van der Waals surface area contributed by atoms with Gasteiger partial charge in [-0.2, -0.15) is 0 Å². The third kappa shape index (κ3) is 3.20. The first-order chi connectivity index (χ1) is 10.6. The standard InChI is InChI=1S/C17H17NO2S2/c1-21-16-8-4-7-15(12-16)18-22(19,20)17-10-9-13-5-2-3-6-14(13)11-17/h2-8,11-12,18H,9-10H2,1H3. The zero-order valence-electron chi connectivity index (χ0n) is 12.2. The fourth-order valence-corrected chi connectivity index (χ4v) is 4.21. The average molecular weight is 331 g/mol. The van der Waals surface area contributed by atoms with Crippen LogP contribution in [0.25, 0.3) is 6.08 Å². The SMILES string of the molecule is CSc1cccc(NS(=O)(=O)C2=Cc3ccccc3CC2)c1. The van der Waals surface area contributed by atoms with Gasteiger partial charge in [-0.1, -0.05) is 30.3 Å². The number of hydrogen-bond acceptors (Lipinski definition) is 3. The Hall–Kier alpha value is -1.72. The number of anilines is 1. The molecular weight excluding hydrogens is 314 g/mol. The maximum atomic E-state index is 12.6. The van der Waals surface area contributed by atoms with Crippen molar-refractivity contribution in [1.82, 2.24) is 0 Å². The molecule has 0 bridgehead atoms. The summed E-state index contributed by atoms with van der Waals surface area (Å²) in [4.78, 5) is 1.48. The van der Waals surface area contributed by atoms with E-state index in [1.807, 2.05) is 48.7 Å². The number of benzene rings is 2. The van der Waals surface area contributed by atoms with Gasteiger partial charge in [-0.25, -0.2) is 8.42 Å². The highest BCUT2D eigenvalue weighted by molar-refractivity contribution is 7.98. The van der Waals surface area contributed by atoms with Gasteiger partial charge >= 0.3 is 0 Å². The van der Waals surface area contributed by atoms with Gasteiger partial charge in [-0.05, 0) is 54.5 Å². The number of aryl methyl sites for hydroxylation is 1. The van der Waals surface area contributed by atoms with Crippen LogP contribution in [0.1, 0.15) is 17.5 Å². The Bertz CT molecular complexity index is 826. The third-order valence-corrected chi connectivity index (χ3v) is 5.92. The molecule has 0 unspecified atom stereocenters. The van der Waals surface area contributed by atoms with E-state index in [-0.39, 0.29) is 0 Å². The van der Waals surface area contributed by atoms with E-state index in [2.05, 4.69) is 4.72 Å². The summed E-state index contributed by atoms with van der Waals surface area (Å²) < 4.78 is 27.8. The Morgan fingerprint density at radius 1 is 1.05 bits per heavy atom. The maximum Gasteiger partial charge on any atom is 0.258 e. The van der Waals surface area contributed by atoms with Crippen molar-refractivity contribution in [2.75, 3.05) is 11.0 Å². The summed E-state index contributed by atoms with van der Waals surface area (Å²) in [6.07, 6.45) is 5.04. The number of sulfonamides is 1. The molecule has 22 heavy (non-hydrogen) atoms. The summed E-state index contributed by atoms with van der Waals surface area (Å²) in [7, 11) is -3.50. The average Bonchev–Trinajstić information content (AvgIpc) is 2.54. The predicted octanol–water partition coefficient (Wildman–Crippen LogP) is 4.14. The van der Waals surface area contributed by atoms with Crippen LogP contribution >= 0.6 is 11.8 Å². The quantitative estimate of drug-likeness (QED) is 0.857. The molecule has 2 aromatic rings. The van der Waals surface area contributed by atoms with Crippen molar-refractivity contribution < 1.29 is 8.42 Å². The minimum atomic E-state index is -3.50. The summed E-state index contributed by atoms with van der Waals surface area (Å²) in [5, 5.41) is 0. The first kappa shape index (κ1) is 15.2. The minimum Gasteiger partial charge on any atom is -0.280 e. The van der Waals surface area contributed by atoms with Gasteiger partial charge in [0.05, 0.1) is 4.91 Å². The molecule has 0 fully saturated rings. The zero-order valence-corrected chi connectivity index (χ0v) is 13.9. The van der Waals surface area contributed by atoms with Crippen LogP contribution in [-0.2, 0) is 16.4 Å². The molecule has 5 heteroatoms. The number of hydrogen-bond donors (Lipinski definition) is 1. The van der Waals surface area contributed by atoms with Gasteiger partial charge in [0.2, 0.25) is 0 Å². The molecule has 3 nitrogen and oxygen atoms in total. The van der Waals surface area contributed by atoms with Crippen molar-refractivity contribution >= 4 is 33.5 Å². The van der Waals surface area contributed by atoms with Gasteiger partial charge in [0, 0.05) is 10.6 Å². The summed E-state index contributed by atoms with van der Waals surface area (Å²) >= 11 is 1.59. The molecule has 0 spiro atoms. The summed E-state index contributed by atoms with van der Waals surface area (Å²) in [5.74, 6) is 0. The number of thioether (sulfide) groups is 1. The number of rotatable bonds is 4. The fourth-order valence-electron chi connectivity index (χ4n) is 2.53. The van der Waals surface area contributed by atoms with E-state index < -0.39 is 10.0 Å². The molecule has 0 aromatic heterocycles. The van der Waals surface area contributed by atoms with E-state index in [1.54, 1.807) is 23.9 Å². The number of allylic oxidation sites excluding steroid dienone is 1. The third-order valence-electron chi connectivity index (χ3n) is 3.68. The summed E-state index contributed by atoms with van der Waals surface area (Å²) in [6.45, 7) is 0. The fraction of sp³-hybridized carbons (Fsp3) is 0.176. The van der Waals surface area contributed by atoms with Crippen molar-refractivity contribution in [3.8, 4) is 0 Å². The summed E-state index contributed by atoms with van der Waals surface area (Å²) in [6, 6.07) is 15.3. The number of nitrogens with one attached hydrogen (secondary N) is 1. The van der Waals surface area contributed by atoms with Crippen LogP contribution in [0.5, 0.6) is 0 Å². The molecule has 114 valence electrons. The molecule has 0 amide bonds. The second kappa shape index (κ2) is 6.18. The second-order valence-corrected chi connectivity index (χ2v) is 7.76. The Kier molecular flexibility index (Phi) is 4.27. The van der Waals surface area contributed by atoms with E-state index in [4.69, 9.17) is 0 Å². The van der Waals surface area contributed by atoms with Crippen LogP contribution < -0.4 is 4.72 Å². The molecule has 1 aliphatic carbocycles. The van der Waals surface area contributed by atoms with E-state index in [9.17, 15) is 8.42 Å². The van der Waals surface area contributed by atoms with Crippen molar-refractivity contribution in [2.45, 2.75) is 17.7 Å². The zero-order chi connectivity index (χ0) is 15.6. The van der Waals surface area contributed by atoms with Crippen molar-refractivity contribution in [1.29, 1.82) is 0 Å². The van der Waals surface area contributed by atoms with Gasteiger partial charge in [-0.15, -0.1) is 11.8 Å². The van der Waals surface area contributed by atoms with E-state index in [0.29, 0.717) is 17.0 Å². The van der Waals surface area contributed by atoms with Crippen LogP contribution in [0.15, 0.2) is 58.3 Å². The minimum absolute atomic E-state index is 0.445. The maximum absolute atomic E-state index is 12.6. The first-order valence-corrected chi connectivity index (χ1v) is 9.75. The molecule has 0 radical (unpaired) electrons. The molecule has 0 saturated heterocycles. The van der Waals surface area contributed by atoms with Crippen LogP contribution in [-0.4, -0.2) is 14.7 Å². The lowest BCUT2D eigenvalue weighted by Crippen LogP contribution is -2.17. The first-order valence-electron chi connectivity index (χ1n) is 7.04. The largest absolute Gasteiger partial charge is 0.280 e. The highest BCUT2D eigenvalue weighted by Crippen LogP contribution is 2.28. The monoisotopic (exact) mass is 331 g/mol. The van der Waals surface area contributed by atoms with Crippen LogP contribution in [0, 0.1) is 0 Å². The normalized spacial score (nSPS) is 14.1. The van der Waals surface area contributed by atoms with Crippen molar-refractivity contribution in [3.05, 3.63) is 64.6 Å². The molecule has 0 atom stereocenters. The predicted molar refractivity (Wildman–Crippen MR) is 93.5 cm³/mol. The molecule has 1 N–H and O–H groups in total. The lowest BCUT2D eigenvalue weighted by molar-refractivity contribution is 0.605. The molecule has 0 saturated carbocycles. The molecule has 1 aliphatic rings. The van der Waals surface area contributed by atoms with Crippen LogP contribution in [0.4, 0.5) is 5.69 Å². The highest BCUT2D eigenvalue weighted by atomic mass is 32.2. The van der Waals surface area contributed by atoms with Crippen molar-refractivity contribution in [2.24, 2.45) is 0 Å². The lowest BCUT2D eigenvalue weighted by Gasteiger charge is -2.17. The second-order valence-electron chi connectivity index (χ2n) is 5.15. The van der Waals surface area contributed by atoms with E-state index in [0.717, 1.165) is 16.9 Å². The molecular formula is C17H17NO2S2. The van der Waals surface area contributed by atoms with Gasteiger partial charge in [0.1, 0.15) is 0 Å².